The van der Waals surface area contributed by atoms with Crippen LogP contribution in [0.15, 0.2) is 28.8 Å². The summed E-state index contributed by atoms with van der Waals surface area (Å²) in [7, 11) is 0. The van der Waals surface area contributed by atoms with Gasteiger partial charge in [0.1, 0.15) is 12.4 Å². The Morgan fingerprint density at radius 1 is 1.40 bits per heavy atom. The highest BCUT2D eigenvalue weighted by Gasteiger charge is 2.04. The Kier molecular flexibility index (Phi) is 5.15. The van der Waals surface area contributed by atoms with E-state index in [-0.39, 0.29) is 6.61 Å². The van der Waals surface area contributed by atoms with Crippen molar-refractivity contribution in [3.8, 4) is 18.1 Å². The van der Waals surface area contributed by atoms with Crippen molar-refractivity contribution in [1.82, 2.24) is 15.5 Å². The molecule has 0 aliphatic carbocycles. The van der Waals surface area contributed by atoms with Gasteiger partial charge in [-0.15, -0.1) is 6.42 Å². The summed E-state index contributed by atoms with van der Waals surface area (Å²) in [5.41, 5.74) is 1.07. The van der Waals surface area contributed by atoms with E-state index < -0.39 is 0 Å². The van der Waals surface area contributed by atoms with Crippen LogP contribution in [-0.2, 0) is 13.0 Å². The second kappa shape index (κ2) is 7.31. The molecule has 0 aliphatic heterocycles. The van der Waals surface area contributed by atoms with Gasteiger partial charge < -0.3 is 14.6 Å². The number of benzene rings is 1. The highest BCUT2D eigenvalue weighted by atomic mass is 16.5. The predicted octanol–water partition coefficient (Wildman–Crippen LogP) is 1.72. The minimum Gasteiger partial charge on any atom is -0.481 e. The number of ether oxygens (including phenoxy) is 1. The average Bonchev–Trinajstić information content (AvgIpc) is 2.88. The first-order valence-corrected chi connectivity index (χ1v) is 6.43. The molecule has 2 rings (SSSR count). The fourth-order valence-electron chi connectivity index (χ4n) is 1.77. The number of nitrogens with one attached hydrogen (secondary N) is 1. The lowest BCUT2D eigenvalue weighted by molar-refractivity contribution is 0.363. The Morgan fingerprint density at radius 2 is 2.25 bits per heavy atom. The van der Waals surface area contributed by atoms with Crippen molar-refractivity contribution in [2.45, 2.75) is 19.9 Å². The zero-order valence-electron chi connectivity index (χ0n) is 11.4. The third kappa shape index (κ3) is 4.11. The molecule has 0 saturated carbocycles. The van der Waals surface area contributed by atoms with Gasteiger partial charge in [0.25, 0.3) is 0 Å². The standard InChI is InChI=1S/C15H17N3O2/c1-3-10-19-14-7-5-4-6-13(14)11-16-9-8-15-17-12(2)18-20-15/h1,4-7,16H,8-11H2,2H3. The molecule has 0 fully saturated rings. The molecule has 0 saturated heterocycles. The van der Waals surface area contributed by atoms with E-state index in [1.807, 2.05) is 24.3 Å². The molecule has 1 aromatic heterocycles. The van der Waals surface area contributed by atoms with E-state index in [9.17, 15) is 0 Å². The van der Waals surface area contributed by atoms with Crippen LogP contribution in [0.25, 0.3) is 0 Å². The Bertz CT molecular complexity index is 587. The lowest BCUT2D eigenvalue weighted by Gasteiger charge is -2.09. The van der Waals surface area contributed by atoms with Crippen LogP contribution in [0.1, 0.15) is 17.3 Å². The number of aromatic nitrogens is 2. The first kappa shape index (κ1) is 14.1. The molecule has 0 amide bonds. The highest BCUT2D eigenvalue weighted by molar-refractivity contribution is 5.33. The summed E-state index contributed by atoms with van der Waals surface area (Å²) in [4.78, 5) is 4.15. The fourth-order valence-corrected chi connectivity index (χ4v) is 1.77. The van der Waals surface area contributed by atoms with Crippen molar-refractivity contribution in [2.75, 3.05) is 13.2 Å². The second-order valence-electron chi connectivity index (χ2n) is 4.26. The van der Waals surface area contributed by atoms with Gasteiger partial charge in [0, 0.05) is 25.1 Å². The molecule has 0 unspecified atom stereocenters. The zero-order valence-corrected chi connectivity index (χ0v) is 11.4. The fraction of sp³-hybridized carbons (Fsp3) is 0.333. The van der Waals surface area contributed by atoms with Crippen molar-refractivity contribution in [2.24, 2.45) is 0 Å². The van der Waals surface area contributed by atoms with E-state index in [4.69, 9.17) is 15.7 Å². The van der Waals surface area contributed by atoms with Gasteiger partial charge in [-0.05, 0) is 13.0 Å². The average molecular weight is 271 g/mol. The number of hydrogen-bond acceptors (Lipinski definition) is 5. The molecule has 1 aromatic carbocycles. The molecule has 5 heteroatoms. The number of nitrogens with zero attached hydrogens (tertiary/aromatic N) is 2. The van der Waals surface area contributed by atoms with Crippen LogP contribution in [0.3, 0.4) is 0 Å². The summed E-state index contributed by atoms with van der Waals surface area (Å²) in [5, 5.41) is 7.07. The van der Waals surface area contributed by atoms with Crippen LogP contribution in [0.4, 0.5) is 0 Å². The van der Waals surface area contributed by atoms with Gasteiger partial charge in [0.2, 0.25) is 5.89 Å². The summed E-state index contributed by atoms with van der Waals surface area (Å²) in [6.45, 7) is 3.54. The summed E-state index contributed by atoms with van der Waals surface area (Å²) >= 11 is 0. The maximum atomic E-state index is 5.49. The molecule has 0 spiro atoms. The normalized spacial score (nSPS) is 10.2. The van der Waals surface area contributed by atoms with Crippen molar-refractivity contribution in [1.29, 1.82) is 0 Å². The predicted molar refractivity (Wildman–Crippen MR) is 75.2 cm³/mol. The summed E-state index contributed by atoms with van der Waals surface area (Å²) < 4.78 is 10.5. The van der Waals surface area contributed by atoms with Crippen molar-refractivity contribution in [3.63, 3.8) is 0 Å². The minimum absolute atomic E-state index is 0.276. The van der Waals surface area contributed by atoms with E-state index in [1.165, 1.54) is 0 Å². The molecule has 20 heavy (non-hydrogen) atoms. The topological polar surface area (TPSA) is 60.2 Å². The van der Waals surface area contributed by atoms with E-state index >= 15 is 0 Å². The molecule has 0 aliphatic rings. The van der Waals surface area contributed by atoms with Crippen LogP contribution in [0.2, 0.25) is 0 Å². The van der Waals surface area contributed by atoms with Crippen molar-refractivity contribution < 1.29 is 9.26 Å². The van der Waals surface area contributed by atoms with Crippen LogP contribution < -0.4 is 10.1 Å². The highest BCUT2D eigenvalue weighted by Crippen LogP contribution is 2.17. The molecule has 1 N–H and O–H groups in total. The molecule has 2 aromatic rings. The molecule has 5 nitrogen and oxygen atoms in total. The minimum atomic E-state index is 0.276. The lowest BCUT2D eigenvalue weighted by Crippen LogP contribution is -2.17. The maximum Gasteiger partial charge on any atom is 0.227 e. The number of para-hydroxylation sites is 1. The summed E-state index contributed by atoms with van der Waals surface area (Å²) in [5.74, 6) is 4.58. The first-order valence-electron chi connectivity index (χ1n) is 6.43. The van der Waals surface area contributed by atoms with Crippen molar-refractivity contribution >= 4 is 0 Å². The second-order valence-corrected chi connectivity index (χ2v) is 4.26. The van der Waals surface area contributed by atoms with E-state index in [0.29, 0.717) is 24.7 Å². The molecule has 0 radical (unpaired) electrons. The van der Waals surface area contributed by atoms with Gasteiger partial charge in [0.05, 0.1) is 0 Å². The van der Waals surface area contributed by atoms with E-state index in [2.05, 4.69) is 21.4 Å². The Hall–Kier alpha value is -2.32. The van der Waals surface area contributed by atoms with Gasteiger partial charge in [0.15, 0.2) is 5.82 Å². The zero-order chi connectivity index (χ0) is 14.2. The molecule has 1 heterocycles. The van der Waals surface area contributed by atoms with Crippen LogP contribution in [0.5, 0.6) is 5.75 Å². The van der Waals surface area contributed by atoms with Gasteiger partial charge in [-0.3, -0.25) is 0 Å². The number of hydrogen-bond donors (Lipinski definition) is 1. The van der Waals surface area contributed by atoms with Gasteiger partial charge in [-0.2, -0.15) is 4.98 Å². The molecular formula is C15H17N3O2. The van der Waals surface area contributed by atoms with Gasteiger partial charge in [-0.25, -0.2) is 0 Å². The lowest BCUT2D eigenvalue weighted by atomic mass is 10.2. The smallest absolute Gasteiger partial charge is 0.227 e. The third-order valence-electron chi connectivity index (χ3n) is 2.68. The summed E-state index contributed by atoms with van der Waals surface area (Å²) in [6, 6.07) is 7.82. The number of rotatable bonds is 7. The molecular weight excluding hydrogens is 254 g/mol. The Morgan fingerprint density at radius 3 is 3.00 bits per heavy atom. The van der Waals surface area contributed by atoms with Crippen LogP contribution in [0, 0.1) is 19.3 Å². The van der Waals surface area contributed by atoms with Crippen LogP contribution in [-0.4, -0.2) is 23.3 Å². The number of aryl methyl sites for hydroxylation is 1. The summed E-state index contributed by atoms with van der Waals surface area (Å²) in [6.07, 6.45) is 5.90. The quantitative estimate of drug-likeness (QED) is 0.614. The number of terminal acetylenes is 1. The first-order chi connectivity index (χ1) is 9.79. The SMILES string of the molecule is C#CCOc1ccccc1CNCCc1nc(C)no1. The monoisotopic (exact) mass is 271 g/mol. The Balaban J connectivity index is 1.80. The van der Waals surface area contributed by atoms with E-state index in [0.717, 1.165) is 17.9 Å². The molecule has 0 bridgehead atoms. The third-order valence-corrected chi connectivity index (χ3v) is 2.68. The molecule has 0 atom stereocenters. The van der Waals surface area contributed by atoms with Crippen LogP contribution >= 0.6 is 0 Å². The molecule has 104 valence electrons. The van der Waals surface area contributed by atoms with E-state index in [1.54, 1.807) is 6.92 Å². The van der Waals surface area contributed by atoms with Gasteiger partial charge in [-0.1, -0.05) is 29.3 Å². The Labute approximate surface area is 118 Å². The maximum absolute atomic E-state index is 5.49. The van der Waals surface area contributed by atoms with Crippen molar-refractivity contribution in [3.05, 3.63) is 41.5 Å². The largest absolute Gasteiger partial charge is 0.481 e. The van der Waals surface area contributed by atoms with Gasteiger partial charge >= 0.3 is 0 Å².